The molecule has 2 fully saturated rings. The summed E-state index contributed by atoms with van der Waals surface area (Å²) in [6.45, 7) is 1.63. The first kappa shape index (κ1) is 10.4. The molecule has 0 aromatic heterocycles. The molecule has 2 atom stereocenters. The van der Waals surface area contributed by atoms with Crippen molar-refractivity contribution < 1.29 is 4.39 Å². The van der Waals surface area contributed by atoms with Crippen molar-refractivity contribution in [3.8, 4) is 0 Å². The Morgan fingerprint density at radius 1 is 0.929 bits per heavy atom. The van der Waals surface area contributed by atoms with Gasteiger partial charge in [0.2, 0.25) is 0 Å². The molecule has 1 saturated heterocycles. The van der Waals surface area contributed by atoms with Crippen molar-refractivity contribution in [1.29, 1.82) is 0 Å². The lowest BCUT2D eigenvalue weighted by atomic mass is 9.79. The van der Waals surface area contributed by atoms with Gasteiger partial charge in [0.25, 0.3) is 0 Å². The van der Waals surface area contributed by atoms with Crippen LogP contribution in [0.2, 0.25) is 0 Å². The van der Waals surface area contributed by atoms with Crippen LogP contribution in [0.3, 0.4) is 0 Å². The smallest absolute Gasteiger partial charge is 0.116 e. The minimum absolute atomic E-state index is 0.370. The van der Waals surface area contributed by atoms with Gasteiger partial charge in [-0.05, 0) is 24.8 Å². The highest BCUT2D eigenvalue weighted by Gasteiger charge is 2.31. The van der Waals surface area contributed by atoms with Gasteiger partial charge in [-0.25, -0.2) is 4.39 Å². The highest BCUT2D eigenvalue weighted by molar-refractivity contribution is 4.83. The second kappa shape index (κ2) is 5.11. The van der Waals surface area contributed by atoms with Gasteiger partial charge in [0.1, 0.15) is 6.17 Å². The van der Waals surface area contributed by atoms with Crippen LogP contribution in [-0.4, -0.2) is 19.3 Å². The average Bonchev–Trinajstić information content (AvgIpc) is 2.47. The van der Waals surface area contributed by atoms with Crippen LogP contribution in [0.15, 0.2) is 0 Å². The SMILES string of the molecule is FC1CNCCC1C1CCCCCC1. The molecule has 2 rings (SSSR count). The Labute approximate surface area is 86.5 Å². The molecule has 1 aliphatic carbocycles. The Morgan fingerprint density at radius 2 is 1.64 bits per heavy atom. The van der Waals surface area contributed by atoms with E-state index in [1.165, 1.54) is 38.5 Å². The second-order valence-electron chi connectivity index (χ2n) is 4.92. The molecule has 0 spiro atoms. The summed E-state index contributed by atoms with van der Waals surface area (Å²) in [6, 6.07) is 0. The first-order valence-electron chi connectivity index (χ1n) is 6.22. The van der Waals surface area contributed by atoms with E-state index in [0.717, 1.165) is 13.0 Å². The average molecular weight is 199 g/mol. The van der Waals surface area contributed by atoms with E-state index in [0.29, 0.717) is 18.4 Å². The number of alkyl halides is 1. The molecule has 0 aromatic rings. The molecule has 1 saturated carbocycles. The Hall–Kier alpha value is -0.110. The summed E-state index contributed by atoms with van der Waals surface area (Å²) in [5.74, 6) is 1.06. The van der Waals surface area contributed by atoms with Gasteiger partial charge >= 0.3 is 0 Å². The van der Waals surface area contributed by atoms with Gasteiger partial charge in [-0.15, -0.1) is 0 Å². The van der Waals surface area contributed by atoms with Gasteiger partial charge in [0.15, 0.2) is 0 Å². The standard InChI is InChI=1S/C12H22FN/c13-12-9-14-8-7-11(12)10-5-3-1-2-4-6-10/h10-12,14H,1-9H2. The van der Waals surface area contributed by atoms with E-state index in [9.17, 15) is 4.39 Å². The maximum absolute atomic E-state index is 13.7. The van der Waals surface area contributed by atoms with E-state index in [1.54, 1.807) is 0 Å². The van der Waals surface area contributed by atoms with Crippen LogP contribution < -0.4 is 5.32 Å². The lowest BCUT2D eigenvalue weighted by Crippen LogP contribution is -2.41. The van der Waals surface area contributed by atoms with E-state index in [4.69, 9.17) is 0 Å². The molecule has 0 radical (unpaired) electrons. The first-order chi connectivity index (χ1) is 6.88. The molecule has 14 heavy (non-hydrogen) atoms. The number of hydrogen-bond donors (Lipinski definition) is 1. The van der Waals surface area contributed by atoms with Crippen LogP contribution in [-0.2, 0) is 0 Å². The maximum atomic E-state index is 13.7. The molecule has 0 amide bonds. The number of hydrogen-bond acceptors (Lipinski definition) is 1. The fourth-order valence-corrected chi connectivity index (χ4v) is 3.11. The van der Waals surface area contributed by atoms with Gasteiger partial charge in [-0.2, -0.15) is 0 Å². The number of halogens is 1. The Kier molecular flexibility index (Phi) is 3.80. The first-order valence-corrected chi connectivity index (χ1v) is 6.22. The molecule has 1 aliphatic heterocycles. The Morgan fingerprint density at radius 3 is 2.29 bits per heavy atom. The van der Waals surface area contributed by atoms with Crippen molar-refractivity contribution in [2.75, 3.05) is 13.1 Å². The number of piperidine rings is 1. The van der Waals surface area contributed by atoms with Crippen LogP contribution in [0, 0.1) is 11.8 Å². The third kappa shape index (κ3) is 2.47. The zero-order valence-corrected chi connectivity index (χ0v) is 8.97. The van der Waals surface area contributed by atoms with Crippen molar-refractivity contribution >= 4 is 0 Å². The summed E-state index contributed by atoms with van der Waals surface area (Å²) in [7, 11) is 0. The lowest BCUT2D eigenvalue weighted by Gasteiger charge is -2.33. The highest BCUT2D eigenvalue weighted by Crippen LogP contribution is 2.34. The van der Waals surface area contributed by atoms with Crippen LogP contribution in [0.25, 0.3) is 0 Å². The summed E-state index contributed by atoms with van der Waals surface area (Å²) in [5, 5.41) is 3.14. The maximum Gasteiger partial charge on any atom is 0.116 e. The van der Waals surface area contributed by atoms with Crippen LogP contribution in [0.5, 0.6) is 0 Å². The van der Waals surface area contributed by atoms with Gasteiger partial charge in [0, 0.05) is 6.54 Å². The minimum atomic E-state index is -0.577. The molecule has 0 aromatic carbocycles. The molecule has 1 heterocycles. The molecular weight excluding hydrogens is 177 g/mol. The van der Waals surface area contributed by atoms with Gasteiger partial charge in [-0.1, -0.05) is 38.5 Å². The highest BCUT2D eigenvalue weighted by atomic mass is 19.1. The number of nitrogens with one attached hydrogen (secondary N) is 1. The van der Waals surface area contributed by atoms with Gasteiger partial charge in [0.05, 0.1) is 0 Å². The van der Waals surface area contributed by atoms with Gasteiger partial charge < -0.3 is 5.32 Å². The monoisotopic (exact) mass is 199 g/mol. The van der Waals surface area contributed by atoms with E-state index in [1.807, 2.05) is 0 Å². The zero-order valence-electron chi connectivity index (χ0n) is 8.97. The molecule has 1 N–H and O–H groups in total. The van der Waals surface area contributed by atoms with Crippen molar-refractivity contribution in [3.63, 3.8) is 0 Å². The molecular formula is C12H22FN. The lowest BCUT2D eigenvalue weighted by molar-refractivity contribution is 0.116. The predicted molar refractivity (Wildman–Crippen MR) is 57.1 cm³/mol. The van der Waals surface area contributed by atoms with Crippen molar-refractivity contribution in [1.82, 2.24) is 5.32 Å². The molecule has 2 unspecified atom stereocenters. The molecule has 1 nitrogen and oxygen atoms in total. The summed E-state index contributed by atoms with van der Waals surface area (Å²) in [6.07, 6.45) is 8.47. The quantitative estimate of drug-likeness (QED) is 0.640. The van der Waals surface area contributed by atoms with Crippen LogP contribution >= 0.6 is 0 Å². The zero-order chi connectivity index (χ0) is 9.80. The third-order valence-corrected chi connectivity index (χ3v) is 3.96. The Bertz CT molecular complexity index is 164. The summed E-state index contributed by atoms with van der Waals surface area (Å²) >= 11 is 0. The minimum Gasteiger partial charge on any atom is -0.314 e. The fourth-order valence-electron chi connectivity index (χ4n) is 3.11. The third-order valence-electron chi connectivity index (χ3n) is 3.96. The van der Waals surface area contributed by atoms with Gasteiger partial charge in [-0.3, -0.25) is 0 Å². The summed E-state index contributed by atoms with van der Waals surface area (Å²) < 4.78 is 13.7. The predicted octanol–water partition coefficient (Wildman–Crippen LogP) is 2.90. The Balaban J connectivity index is 1.90. The van der Waals surface area contributed by atoms with E-state index in [2.05, 4.69) is 5.32 Å². The van der Waals surface area contributed by atoms with Crippen molar-refractivity contribution in [2.24, 2.45) is 11.8 Å². The largest absolute Gasteiger partial charge is 0.314 e. The van der Waals surface area contributed by atoms with Crippen LogP contribution in [0.4, 0.5) is 4.39 Å². The molecule has 2 heteroatoms. The molecule has 2 aliphatic rings. The van der Waals surface area contributed by atoms with Crippen molar-refractivity contribution in [2.45, 2.75) is 51.1 Å². The van der Waals surface area contributed by atoms with Crippen molar-refractivity contribution in [3.05, 3.63) is 0 Å². The van der Waals surface area contributed by atoms with E-state index >= 15 is 0 Å². The second-order valence-corrected chi connectivity index (χ2v) is 4.92. The molecule has 0 bridgehead atoms. The topological polar surface area (TPSA) is 12.0 Å². The van der Waals surface area contributed by atoms with E-state index in [-0.39, 0.29) is 0 Å². The fraction of sp³-hybridized carbons (Fsp3) is 1.00. The summed E-state index contributed by atoms with van der Waals surface area (Å²) in [4.78, 5) is 0. The normalized spacial score (nSPS) is 36.6. The number of rotatable bonds is 1. The molecule has 82 valence electrons. The summed E-state index contributed by atoms with van der Waals surface area (Å²) in [5.41, 5.74) is 0. The van der Waals surface area contributed by atoms with Crippen LogP contribution in [0.1, 0.15) is 44.9 Å². The van der Waals surface area contributed by atoms with E-state index < -0.39 is 6.17 Å².